The third kappa shape index (κ3) is 4.55. The Labute approximate surface area is 114 Å². The first-order valence-corrected chi connectivity index (χ1v) is 8.36. The fourth-order valence-electron chi connectivity index (χ4n) is 3.57. The van der Waals surface area contributed by atoms with Crippen LogP contribution in [0.5, 0.6) is 0 Å². The van der Waals surface area contributed by atoms with Gasteiger partial charge in [-0.2, -0.15) is 0 Å². The van der Waals surface area contributed by atoms with Crippen LogP contribution >= 0.6 is 0 Å². The van der Waals surface area contributed by atoms with E-state index in [0.717, 1.165) is 6.04 Å². The van der Waals surface area contributed by atoms with Crippen molar-refractivity contribution in [2.75, 3.05) is 32.7 Å². The molecule has 0 aromatic heterocycles. The van der Waals surface area contributed by atoms with Crippen LogP contribution in [0.25, 0.3) is 0 Å². The van der Waals surface area contributed by atoms with Crippen molar-refractivity contribution in [3.8, 4) is 0 Å². The van der Waals surface area contributed by atoms with E-state index in [4.69, 9.17) is 0 Å². The molecule has 2 heterocycles. The highest BCUT2D eigenvalue weighted by molar-refractivity contribution is 4.81. The Kier molecular flexibility index (Phi) is 6.50. The summed E-state index contributed by atoms with van der Waals surface area (Å²) in [5.74, 6) is 0. The summed E-state index contributed by atoms with van der Waals surface area (Å²) in [6.45, 7) is 8.86. The summed E-state index contributed by atoms with van der Waals surface area (Å²) >= 11 is 0. The number of hydrogen-bond donors (Lipinski definition) is 0. The number of fused-ring (bicyclic) bond motifs is 1. The Morgan fingerprint density at radius 2 is 1.44 bits per heavy atom. The zero-order valence-electron chi connectivity index (χ0n) is 12.4. The molecule has 2 aliphatic heterocycles. The van der Waals surface area contributed by atoms with Gasteiger partial charge in [-0.1, -0.05) is 51.9 Å². The molecule has 0 aromatic rings. The van der Waals surface area contributed by atoms with Crippen LogP contribution in [-0.2, 0) is 0 Å². The van der Waals surface area contributed by atoms with Gasteiger partial charge in [0.05, 0.1) is 0 Å². The number of likely N-dealkylation sites (N-methyl/N-ethyl adjacent to an activating group) is 1. The van der Waals surface area contributed by atoms with E-state index < -0.39 is 0 Å². The first-order valence-electron chi connectivity index (χ1n) is 8.36. The van der Waals surface area contributed by atoms with Crippen molar-refractivity contribution in [2.24, 2.45) is 0 Å². The molecule has 0 spiro atoms. The first-order chi connectivity index (χ1) is 8.90. The first kappa shape index (κ1) is 14.3. The van der Waals surface area contributed by atoms with E-state index in [1.54, 1.807) is 0 Å². The average molecular weight is 252 g/mol. The second-order valence-corrected chi connectivity index (χ2v) is 6.20. The number of piperazine rings is 1. The van der Waals surface area contributed by atoms with Gasteiger partial charge in [0.15, 0.2) is 0 Å². The second-order valence-electron chi connectivity index (χ2n) is 6.20. The predicted octanol–water partition coefficient (Wildman–Crippen LogP) is 3.52. The average Bonchev–Trinajstić information content (AvgIpc) is 2.39. The van der Waals surface area contributed by atoms with Gasteiger partial charge in [0.25, 0.3) is 0 Å². The van der Waals surface area contributed by atoms with Crippen LogP contribution in [0.2, 0.25) is 0 Å². The summed E-state index contributed by atoms with van der Waals surface area (Å²) in [6, 6.07) is 0.859. The van der Waals surface area contributed by atoms with Crippen LogP contribution in [0.4, 0.5) is 0 Å². The quantitative estimate of drug-likeness (QED) is 0.704. The number of rotatable bonds is 1. The van der Waals surface area contributed by atoms with Crippen LogP contribution < -0.4 is 0 Å². The lowest BCUT2D eigenvalue weighted by molar-refractivity contribution is 0.0693. The van der Waals surface area contributed by atoms with Crippen molar-refractivity contribution < 1.29 is 0 Å². The van der Waals surface area contributed by atoms with Crippen LogP contribution in [0, 0.1) is 0 Å². The Balaban J connectivity index is 1.84. The topological polar surface area (TPSA) is 6.48 Å². The van der Waals surface area contributed by atoms with Gasteiger partial charge in [-0.15, -0.1) is 0 Å². The van der Waals surface area contributed by atoms with Crippen LogP contribution in [0.1, 0.15) is 64.7 Å². The van der Waals surface area contributed by atoms with Gasteiger partial charge in [-0.25, -0.2) is 0 Å². The molecule has 0 amide bonds. The third-order valence-electron chi connectivity index (χ3n) is 4.87. The molecular weight excluding hydrogens is 220 g/mol. The van der Waals surface area contributed by atoms with E-state index in [-0.39, 0.29) is 0 Å². The minimum atomic E-state index is 0.859. The van der Waals surface area contributed by atoms with Crippen molar-refractivity contribution in [1.82, 2.24) is 9.80 Å². The maximum atomic E-state index is 2.80. The van der Waals surface area contributed by atoms with E-state index in [0.29, 0.717) is 0 Å². The zero-order valence-corrected chi connectivity index (χ0v) is 12.4. The number of nitrogens with zero attached hydrogens (tertiary/aromatic N) is 2. The van der Waals surface area contributed by atoms with Gasteiger partial charge in [0.2, 0.25) is 0 Å². The molecular formula is C16H32N2. The van der Waals surface area contributed by atoms with Gasteiger partial charge in [-0.05, 0) is 25.9 Å². The molecule has 1 unspecified atom stereocenters. The fourth-order valence-corrected chi connectivity index (χ4v) is 3.57. The molecule has 2 rings (SSSR count). The van der Waals surface area contributed by atoms with Crippen LogP contribution in [-0.4, -0.2) is 48.6 Å². The molecule has 1 atom stereocenters. The Bertz CT molecular complexity index is 217. The maximum absolute atomic E-state index is 2.80. The lowest BCUT2D eigenvalue weighted by Crippen LogP contribution is -2.53. The van der Waals surface area contributed by atoms with Gasteiger partial charge in [0.1, 0.15) is 0 Å². The summed E-state index contributed by atoms with van der Waals surface area (Å²) in [5.41, 5.74) is 0. The summed E-state index contributed by atoms with van der Waals surface area (Å²) in [7, 11) is 0. The molecule has 2 saturated heterocycles. The fraction of sp³-hybridized carbons (Fsp3) is 1.00. The molecule has 0 aromatic carbocycles. The molecule has 0 radical (unpaired) electrons. The molecule has 2 aliphatic rings. The highest BCUT2D eigenvalue weighted by Crippen LogP contribution is 2.19. The Hall–Kier alpha value is -0.0800. The molecule has 0 N–H and O–H groups in total. The minimum absolute atomic E-state index is 0.859. The maximum Gasteiger partial charge on any atom is 0.0223 e. The van der Waals surface area contributed by atoms with Crippen LogP contribution in [0.15, 0.2) is 0 Å². The van der Waals surface area contributed by atoms with Crippen molar-refractivity contribution >= 4 is 0 Å². The molecule has 0 bridgehead atoms. The molecule has 2 heteroatoms. The monoisotopic (exact) mass is 252 g/mol. The van der Waals surface area contributed by atoms with E-state index in [2.05, 4.69) is 16.7 Å². The smallest absolute Gasteiger partial charge is 0.0223 e. The summed E-state index contributed by atoms with van der Waals surface area (Å²) in [5, 5.41) is 0. The summed E-state index contributed by atoms with van der Waals surface area (Å²) < 4.78 is 0. The van der Waals surface area contributed by atoms with Crippen molar-refractivity contribution in [3.63, 3.8) is 0 Å². The van der Waals surface area contributed by atoms with E-state index in [1.165, 1.54) is 90.5 Å². The minimum Gasteiger partial charge on any atom is -0.301 e. The molecule has 0 saturated carbocycles. The van der Waals surface area contributed by atoms with Crippen molar-refractivity contribution in [3.05, 3.63) is 0 Å². The van der Waals surface area contributed by atoms with Gasteiger partial charge in [-0.3, -0.25) is 4.90 Å². The lowest BCUT2D eigenvalue weighted by Gasteiger charge is -2.41. The molecule has 0 aliphatic carbocycles. The predicted molar refractivity (Wildman–Crippen MR) is 79.0 cm³/mol. The van der Waals surface area contributed by atoms with Gasteiger partial charge >= 0.3 is 0 Å². The molecule has 2 nitrogen and oxygen atoms in total. The summed E-state index contributed by atoms with van der Waals surface area (Å²) in [4.78, 5) is 5.45. The zero-order chi connectivity index (χ0) is 12.6. The third-order valence-corrected chi connectivity index (χ3v) is 4.87. The van der Waals surface area contributed by atoms with E-state index in [1.807, 2.05) is 0 Å². The Morgan fingerprint density at radius 3 is 2.17 bits per heavy atom. The molecule has 18 heavy (non-hydrogen) atoms. The normalized spacial score (nSPS) is 30.2. The van der Waals surface area contributed by atoms with E-state index in [9.17, 15) is 0 Å². The van der Waals surface area contributed by atoms with Gasteiger partial charge < -0.3 is 4.90 Å². The molecule has 106 valence electrons. The molecule has 2 fully saturated rings. The van der Waals surface area contributed by atoms with Crippen LogP contribution in [0.3, 0.4) is 0 Å². The number of hydrogen-bond acceptors (Lipinski definition) is 2. The lowest BCUT2D eigenvalue weighted by atomic mass is 10.00. The van der Waals surface area contributed by atoms with Crippen molar-refractivity contribution in [1.29, 1.82) is 0 Å². The highest BCUT2D eigenvalue weighted by Gasteiger charge is 2.25. The Morgan fingerprint density at radius 1 is 0.778 bits per heavy atom. The van der Waals surface area contributed by atoms with Gasteiger partial charge in [0, 0.05) is 25.7 Å². The highest BCUT2D eigenvalue weighted by atomic mass is 15.3. The standard InChI is InChI=1S/C16H32N2/c1-2-17-13-14-18-12-10-8-6-4-3-5-7-9-11-16(18)15-17/h16H,2-15H2,1H3. The van der Waals surface area contributed by atoms with Crippen molar-refractivity contribution in [2.45, 2.75) is 70.8 Å². The van der Waals surface area contributed by atoms with E-state index >= 15 is 0 Å². The summed E-state index contributed by atoms with van der Waals surface area (Å²) in [6.07, 6.45) is 13.2. The second kappa shape index (κ2) is 8.16. The largest absolute Gasteiger partial charge is 0.301 e. The SMILES string of the molecule is CCN1CCN2CCCCCCCCCCC2C1.